The summed E-state index contributed by atoms with van der Waals surface area (Å²) < 4.78 is 0. The van der Waals surface area contributed by atoms with Crippen LogP contribution in [0.5, 0.6) is 0 Å². The molecule has 2 aliphatic rings. The van der Waals surface area contributed by atoms with E-state index in [1.54, 1.807) is 0 Å². The molecule has 2 heteroatoms. The maximum absolute atomic E-state index is 9.26. The van der Waals surface area contributed by atoms with Crippen LogP contribution in [0.4, 0.5) is 0 Å². The van der Waals surface area contributed by atoms with Crippen LogP contribution in [0, 0.1) is 5.41 Å². The highest BCUT2D eigenvalue weighted by Crippen LogP contribution is 2.56. The van der Waals surface area contributed by atoms with Crippen LogP contribution in [0.1, 0.15) is 32.1 Å². The number of hydrogen-bond acceptors (Lipinski definition) is 2. The number of aliphatic hydroxyl groups is 2. The van der Waals surface area contributed by atoms with E-state index in [0.717, 1.165) is 12.8 Å². The molecule has 2 rings (SSSR count). The Balaban J connectivity index is 2.03. The van der Waals surface area contributed by atoms with E-state index in [1.807, 2.05) is 0 Å². The highest BCUT2D eigenvalue weighted by molar-refractivity contribution is 5.13. The van der Waals surface area contributed by atoms with E-state index in [9.17, 15) is 10.2 Å². The van der Waals surface area contributed by atoms with Crippen LogP contribution in [-0.4, -0.2) is 22.4 Å². The Morgan fingerprint density at radius 1 is 0.900 bits per heavy atom. The van der Waals surface area contributed by atoms with E-state index < -0.39 is 12.2 Å². The van der Waals surface area contributed by atoms with Crippen LogP contribution in [0.3, 0.4) is 0 Å². The Hall–Kier alpha value is -0.0800. The third kappa shape index (κ3) is 0.663. The van der Waals surface area contributed by atoms with Crippen LogP contribution < -0.4 is 0 Å². The van der Waals surface area contributed by atoms with Gasteiger partial charge in [0.25, 0.3) is 0 Å². The largest absolute Gasteiger partial charge is 0.390 e. The lowest BCUT2D eigenvalue weighted by molar-refractivity contribution is 0.180. The predicted molar refractivity (Wildman–Crippen MR) is 37.5 cm³/mol. The molecule has 0 aromatic rings. The first kappa shape index (κ1) is 6.62. The highest BCUT2D eigenvalue weighted by atomic mass is 16.4. The Bertz CT molecular complexity index is 128. The molecule has 0 saturated heterocycles. The first-order valence-electron chi connectivity index (χ1n) is 4.13. The summed E-state index contributed by atoms with van der Waals surface area (Å²) in [5.41, 5.74) is -0.0434. The predicted octanol–water partition coefficient (Wildman–Crippen LogP) is 0.672. The quantitative estimate of drug-likeness (QED) is 0.522. The van der Waals surface area contributed by atoms with Crippen LogP contribution >= 0.6 is 0 Å². The molecule has 2 fully saturated rings. The van der Waals surface area contributed by atoms with Crippen molar-refractivity contribution in [3.05, 3.63) is 0 Å². The number of hydrogen-bond donors (Lipinski definition) is 2. The zero-order chi connectivity index (χ0) is 7.19. The van der Waals surface area contributed by atoms with Crippen molar-refractivity contribution in [3.63, 3.8) is 0 Å². The average molecular weight is 142 g/mol. The fourth-order valence-electron chi connectivity index (χ4n) is 2.25. The molecule has 0 radical (unpaired) electrons. The first-order chi connectivity index (χ1) is 4.77. The summed E-state index contributed by atoms with van der Waals surface area (Å²) in [6.07, 6.45) is 4.94. The molecule has 58 valence electrons. The molecular weight excluding hydrogens is 128 g/mol. The van der Waals surface area contributed by atoms with Crippen molar-refractivity contribution < 1.29 is 10.2 Å². The second-order valence-corrected chi connectivity index (χ2v) is 3.68. The van der Waals surface area contributed by atoms with E-state index in [-0.39, 0.29) is 5.41 Å². The topological polar surface area (TPSA) is 40.5 Å². The Morgan fingerprint density at radius 2 is 1.40 bits per heavy atom. The lowest BCUT2D eigenvalue weighted by Crippen LogP contribution is -2.13. The van der Waals surface area contributed by atoms with Gasteiger partial charge in [0.1, 0.15) is 0 Å². The Labute approximate surface area is 60.9 Å². The van der Waals surface area contributed by atoms with Crippen LogP contribution in [0.2, 0.25) is 0 Å². The summed E-state index contributed by atoms with van der Waals surface area (Å²) in [4.78, 5) is 0. The minimum atomic E-state index is -0.396. The highest BCUT2D eigenvalue weighted by Gasteiger charge is 2.63. The first-order valence-corrected chi connectivity index (χ1v) is 4.13. The summed E-state index contributed by atoms with van der Waals surface area (Å²) >= 11 is 0. The van der Waals surface area contributed by atoms with E-state index in [0.29, 0.717) is 0 Å². The van der Waals surface area contributed by atoms with Crippen molar-refractivity contribution in [2.24, 2.45) is 5.41 Å². The van der Waals surface area contributed by atoms with Gasteiger partial charge in [0, 0.05) is 5.41 Å². The molecule has 0 aromatic heterocycles. The third-order valence-corrected chi connectivity index (χ3v) is 3.15. The molecule has 2 aliphatic carbocycles. The lowest BCUT2D eigenvalue weighted by atomic mass is 9.86. The second kappa shape index (κ2) is 1.95. The van der Waals surface area contributed by atoms with Gasteiger partial charge in [-0.1, -0.05) is 19.3 Å². The van der Waals surface area contributed by atoms with E-state index >= 15 is 0 Å². The van der Waals surface area contributed by atoms with Gasteiger partial charge in [0.15, 0.2) is 0 Å². The van der Waals surface area contributed by atoms with Crippen LogP contribution in [-0.2, 0) is 0 Å². The van der Waals surface area contributed by atoms with E-state index in [2.05, 4.69) is 0 Å². The molecule has 2 atom stereocenters. The molecule has 1 spiro atoms. The molecule has 2 nitrogen and oxygen atoms in total. The van der Waals surface area contributed by atoms with E-state index in [1.165, 1.54) is 19.3 Å². The van der Waals surface area contributed by atoms with E-state index in [4.69, 9.17) is 0 Å². The molecule has 2 saturated carbocycles. The van der Waals surface area contributed by atoms with Gasteiger partial charge >= 0.3 is 0 Å². The smallest absolute Gasteiger partial charge is 0.0887 e. The van der Waals surface area contributed by atoms with Gasteiger partial charge in [0.05, 0.1) is 12.2 Å². The van der Waals surface area contributed by atoms with Crippen molar-refractivity contribution in [1.29, 1.82) is 0 Å². The summed E-state index contributed by atoms with van der Waals surface area (Å²) in [5, 5.41) is 18.5. The monoisotopic (exact) mass is 142 g/mol. The number of rotatable bonds is 0. The molecule has 0 heterocycles. The summed E-state index contributed by atoms with van der Waals surface area (Å²) in [6, 6.07) is 0. The molecule has 2 N–H and O–H groups in total. The fraction of sp³-hybridized carbons (Fsp3) is 1.00. The molecule has 0 aliphatic heterocycles. The van der Waals surface area contributed by atoms with Crippen molar-refractivity contribution in [1.82, 2.24) is 0 Å². The maximum Gasteiger partial charge on any atom is 0.0887 e. The minimum absolute atomic E-state index is 0.0434. The average Bonchev–Trinajstić information content (AvgIpc) is 2.45. The van der Waals surface area contributed by atoms with Gasteiger partial charge in [-0.2, -0.15) is 0 Å². The van der Waals surface area contributed by atoms with Crippen molar-refractivity contribution in [2.45, 2.75) is 44.3 Å². The van der Waals surface area contributed by atoms with Gasteiger partial charge < -0.3 is 10.2 Å². The third-order valence-electron chi connectivity index (χ3n) is 3.15. The van der Waals surface area contributed by atoms with Gasteiger partial charge in [-0.25, -0.2) is 0 Å². The molecule has 2 unspecified atom stereocenters. The van der Waals surface area contributed by atoms with Crippen LogP contribution in [0.25, 0.3) is 0 Å². The van der Waals surface area contributed by atoms with Gasteiger partial charge in [0.2, 0.25) is 0 Å². The molecule has 0 bridgehead atoms. The molecule has 0 amide bonds. The molecular formula is C8H14O2. The summed E-state index contributed by atoms with van der Waals surface area (Å²) in [7, 11) is 0. The normalized spacial score (nSPS) is 43.8. The van der Waals surface area contributed by atoms with Crippen molar-refractivity contribution in [2.75, 3.05) is 0 Å². The zero-order valence-electron chi connectivity index (χ0n) is 6.08. The van der Waals surface area contributed by atoms with Crippen LogP contribution in [0.15, 0.2) is 0 Å². The summed E-state index contributed by atoms with van der Waals surface area (Å²) in [6.45, 7) is 0. The van der Waals surface area contributed by atoms with Gasteiger partial charge in [-0.3, -0.25) is 0 Å². The summed E-state index contributed by atoms with van der Waals surface area (Å²) in [5.74, 6) is 0. The second-order valence-electron chi connectivity index (χ2n) is 3.68. The van der Waals surface area contributed by atoms with Gasteiger partial charge in [-0.15, -0.1) is 0 Å². The van der Waals surface area contributed by atoms with Crippen molar-refractivity contribution >= 4 is 0 Å². The maximum atomic E-state index is 9.26. The SMILES string of the molecule is OC1C(O)C12CCCCC2. The lowest BCUT2D eigenvalue weighted by Gasteiger charge is -2.20. The van der Waals surface area contributed by atoms with Crippen molar-refractivity contribution in [3.8, 4) is 0 Å². The standard InChI is InChI=1S/C8H14O2/c9-6-7(10)8(6)4-2-1-3-5-8/h6-7,9-10H,1-5H2. The number of aliphatic hydroxyl groups excluding tert-OH is 2. The Kier molecular flexibility index (Phi) is 1.29. The molecule has 0 aromatic carbocycles. The Morgan fingerprint density at radius 3 is 1.70 bits per heavy atom. The van der Waals surface area contributed by atoms with Gasteiger partial charge in [-0.05, 0) is 12.8 Å². The fourth-order valence-corrected chi connectivity index (χ4v) is 2.25. The zero-order valence-corrected chi connectivity index (χ0v) is 6.08. The molecule has 10 heavy (non-hydrogen) atoms. The minimum Gasteiger partial charge on any atom is -0.390 e.